The second-order valence-corrected chi connectivity index (χ2v) is 7.06. The van der Waals surface area contributed by atoms with Crippen LogP contribution >= 0.6 is 11.8 Å². The average molecular weight is 300 g/mol. The zero-order valence-electron chi connectivity index (χ0n) is 12.2. The number of carboxylic acid groups (broad SMARTS) is 1. The molecule has 6 heteroatoms. The van der Waals surface area contributed by atoms with Gasteiger partial charge in [0.2, 0.25) is 0 Å². The van der Waals surface area contributed by atoms with Crippen LogP contribution in [0.3, 0.4) is 0 Å². The van der Waals surface area contributed by atoms with Crippen LogP contribution in [0.4, 0.5) is 4.79 Å². The number of urea groups is 1. The number of hydrogen-bond acceptors (Lipinski definition) is 3. The molecule has 0 spiro atoms. The van der Waals surface area contributed by atoms with E-state index in [0.717, 1.165) is 38.8 Å². The number of carbonyl (C=O) groups is 2. The number of amides is 2. The lowest BCUT2D eigenvalue weighted by Gasteiger charge is -2.34. The topological polar surface area (TPSA) is 60.9 Å². The van der Waals surface area contributed by atoms with Crippen LogP contribution in [0.25, 0.3) is 0 Å². The highest BCUT2D eigenvalue weighted by molar-refractivity contribution is 8.00. The van der Waals surface area contributed by atoms with E-state index >= 15 is 0 Å². The van der Waals surface area contributed by atoms with E-state index in [9.17, 15) is 14.7 Å². The van der Waals surface area contributed by atoms with E-state index in [4.69, 9.17) is 0 Å². The zero-order valence-corrected chi connectivity index (χ0v) is 13.1. The fraction of sp³-hybridized carbons (Fsp3) is 0.857. The molecule has 0 aromatic rings. The van der Waals surface area contributed by atoms with Crippen LogP contribution in [0, 0.1) is 5.92 Å². The number of hydrogen-bond donors (Lipinski definition) is 1. The van der Waals surface area contributed by atoms with E-state index in [2.05, 4.69) is 0 Å². The summed E-state index contributed by atoms with van der Waals surface area (Å²) in [6.45, 7) is 5.61. The van der Waals surface area contributed by atoms with Crippen LogP contribution in [0.5, 0.6) is 0 Å². The Morgan fingerprint density at radius 3 is 2.25 bits per heavy atom. The summed E-state index contributed by atoms with van der Waals surface area (Å²) in [5.41, 5.74) is 0. The van der Waals surface area contributed by atoms with Crippen LogP contribution < -0.4 is 0 Å². The van der Waals surface area contributed by atoms with Gasteiger partial charge in [0.15, 0.2) is 0 Å². The molecule has 20 heavy (non-hydrogen) atoms. The second-order valence-electron chi connectivity index (χ2n) is 5.91. The molecule has 2 amide bonds. The first-order valence-electron chi connectivity index (χ1n) is 7.44. The van der Waals surface area contributed by atoms with Gasteiger partial charge in [-0.3, -0.25) is 4.90 Å². The molecule has 5 nitrogen and oxygen atoms in total. The molecule has 2 aliphatic rings. The Balaban J connectivity index is 2.15. The molecule has 0 radical (unpaired) electrons. The predicted molar refractivity (Wildman–Crippen MR) is 79.8 cm³/mol. The number of rotatable bonds is 2. The summed E-state index contributed by atoms with van der Waals surface area (Å²) < 4.78 is 0. The van der Waals surface area contributed by atoms with Crippen molar-refractivity contribution >= 4 is 23.8 Å². The molecule has 0 aromatic heterocycles. The summed E-state index contributed by atoms with van der Waals surface area (Å²) in [5, 5.41) is 9.34. The van der Waals surface area contributed by atoms with Crippen LogP contribution in [0.1, 0.15) is 39.5 Å². The van der Waals surface area contributed by atoms with Gasteiger partial charge in [-0.05, 0) is 18.8 Å². The maximum Gasteiger partial charge on any atom is 0.327 e. The van der Waals surface area contributed by atoms with Crippen molar-refractivity contribution in [2.45, 2.75) is 50.9 Å². The first kappa shape index (κ1) is 15.5. The number of thioether (sulfide) groups is 1. The van der Waals surface area contributed by atoms with Crippen molar-refractivity contribution in [3.05, 3.63) is 0 Å². The number of carbonyl (C=O) groups excluding carboxylic acids is 1. The highest BCUT2D eigenvalue weighted by atomic mass is 32.2. The van der Waals surface area contributed by atoms with Gasteiger partial charge in [0.25, 0.3) is 0 Å². The minimum absolute atomic E-state index is 0.0214. The lowest BCUT2D eigenvalue weighted by atomic mass is 10.1. The SMILES string of the molecule is CC(C)C1SCC(C(=O)O)N1C(=O)N1CCCCCC1. The summed E-state index contributed by atoms with van der Waals surface area (Å²) >= 11 is 1.59. The molecule has 0 saturated carbocycles. The first-order valence-corrected chi connectivity index (χ1v) is 8.49. The molecule has 2 unspecified atom stereocenters. The Morgan fingerprint density at radius 2 is 1.75 bits per heavy atom. The van der Waals surface area contributed by atoms with Gasteiger partial charge in [0, 0.05) is 18.8 Å². The summed E-state index contributed by atoms with van der Waals surface area (Å²) in [6.07, 6.45) is 4.37. The maximum atomic E-state index is 12.8. The molecule has 2 atom stereocenters. The van der Waals surface area contributed by atoms with Gasteiger partial charge < -0.3 is 10.0 Å². The second kappa shape index (κ2) is 6.70. The fourth-order valence-corrected chi connectivity index (χ4v) is 4.36. The largest absolute Gasteiger partial charge is 0.480 e. The number of carboxylic acids is 1. The molecule has 2 saturated heterocycles. The van der Waals surface area contributed by atoms with Crippen molar-refractivity contribution in [1.29, 1.82) is 0 Å². The maximum absolute atomic E-state index is 12.8. The number of nitrogens with zero attached hydrogens (tertiary/aromatic N) is 2. The van der Waals surface area contributed by atoms with E-state index in [1.54, 1.807) is 16.7 Å². The van der Waals surface area contributed by atoms with E-state index < -0.39 is 12.0 Å². The van der Waals surface area contributed by atoms with Crippen molar-refractivity contribution in [3.8, 4) is 0 Å². The molecular formula is C14H24N2O3S. The molecule has 114 valence electrons. The van der Waals surface area contributed by atoms with E-state index in [1.807, 2.05) is 18.7 Å². The number of likely N-dealkylation sites (tertiary alicyclic amines) is 1. The third-order valence-electron chi connectivity index (χ3n) is 3.99. The smallest absolute Gasteiger partial charge is 0.327 e. The highest BCUT2D eigenvalue weighted by Crippen LogP contribution is 2.35. The van der Waals surface area contributed by atoms with E-state index in [1.165, 1.54) is 0 Å². The van der Waals surface area contributed by atoms with Gasteiger partial charge in [0.05, 0.1) is 5.37 Å². The van der Waals surface area contributed by atoms with Crippen LogP contribution in [0.2, 0.25) is 0 Å². The van der Waals surface area contributed by atoms with Crippen molar-refractivity contribution in [3.63, 3.8) is 0 Å². The molecule has 0 aromatic carbocycles. The Kier molecular flexibility index (Phi) is 5.18. The van der Waals surface area contributed by atoms with E-state index in [0.29, 0.717) is 5.75 Å². The van der Waals surface area contributed by atoms with Crippen molar-refractivity contribution in [1.82, 2.24) is 9.80 Å². The quantitative estimate of drug-likeness (QED) is 0.851. The Morgan fingerprint density at radius 1 is 1.15 bits per heavy atom. The minimum atomic E-state index is -0.885. The normalized spacial score (nSPS) is 27.8. The molecule has 0 aliphatic carbocycles. The van der Waals surface area contributed by atoms with Crippen molar-refractivity contribution in [2.24, 2.45) is 5.92 Å². The predicted octanol–water partition coefficient (Wildman–Crippen LogP) is 2.47. The number of aliphatic carboxylic acids is 1. The molecule has 2 rings (SSSR count). The summed E-state index contributed by atoms with van der Waals surface area (Å²) in [6, 6.07) is -0.758. The van der Waals surface area contributed by atoms with E-state index in [-0.39, 0.29) is 17.3 Å². The standard InChI is InChI=1S/C14H24N2O3S/c1-10(2)12-16(11(9-20-12)13(17)18)14(19)15-7-5-3-4-6-8-15/h10-12H,3-9H2,1-2H3,(H,17,18). The highest BCUT2D eigenvalue weighted by Gasteiger charge is 2.44. The monoisotopic (exact) mass is 300 g/mol. The van der Waals surface area contributed by atoms with Gasteiger partial charge in [-0.25, -0.2) is 9.59 Å². The van der Waals surface area contributed by atoms with Gasteiger partial charge in [0.1, 0.15) is 6.04 Å². The summed E-state index contributed by atoms with van der Waals surface area (Å²) in [7, 11) is 0. The molecule has 2 heterocycles. The lowest BCUT2D eigenvalue weighted by Crippen LogP contribution is -2.52. The third kappa shape index (κ3) is 3.22. The third-order valence-corrected chi connectivity index (χ3v) is 5.61. The zero-order chi connectivity index (χ0) is 14.7. The van der Waals surface area contributed by atoms with Gasteiger partial charge in [-0.1, -0.05) is 26.7 Å². The van der Waals surface area contributed by atoms with Crippen LogP contribution in [0.15, 0.2) is 0 Å². The Labute approximate surface area is 124 Å². The first-order chi connectivity index (χ1) is 9.52. The van der Waals surface area contributed by atoms with Crippen LogP contribution in [-0.2, 0) is 4.79 Å². The van der Waals surface area contributed by atoms with Crippen molar-refractivity contribution in [2.75, 3.05) is 18.8 Å². The average Bonchev–Trinajstić information content (AvgIpc) is 2.67. The van der Waals surface area contributed by atoms with Gasteiger partial charge in [-0.15, -0.1) is 11.8 Å². The van der Waals surface area contributed by atoms with Crippen molar-refractivity contribution < 1.29 is 14.7 Å². The molecule has 2 aliphatic heterocycles. The molecule has 0 bridgehead atoms. The molecule has 2 fully saturated rings. The lowest BCUT2D eigenvalue weighted by molar-refractivity contribution is -0.141. The molecule has 1 N–H and O–H groups in total. The minimum Gasteiger partial charge on any atom is -0.480 e. The van der Waals surface area contributed by atoms with Gasteiger partial charge >= 0.3 is 12.0 Å². The van der Waals surface area contributed by atoms with Crippen LogP contribution in [-0.4, -0.2) is 57.2 Å². The Bertz CT molecular complexity index is 367. The summed E-state index contributed by atoms with van der Waals surface area (Å²) in [4.78, 5) is 27.6. The summed E-state index contributed by atoms with van der Waals surface area (Å²) in [5.74, 6) is -0.123. The van der Waals surface area contributed by atoms with Gasteiger partial charge in [-0.2, -0.15) is 0 Å². The molecular weight excluding hydrogens is 276 g/mol. The Hall–Kier alpha value is -0.910. The fourth-order valence-electron chi connectivity index (χ4n) is 2.90.